The fourth-order valence-corrected chi connectivity index (χ4v) is 5.33. The molecule has 4 rings (SSSR count). The van der Waals surface area contributed by atoms with Crippen LogP contribution in [0, 0.1) is 0 Å². The first kappa shape index (κ1) is 22.5. The monoisotopic (exact) mass is 464 g/mol. The molecule has 0 radical (unpaired) electrons. The molecule has 0 bridgehead atoms. The maximum atomic E-state index is 12.7. The Balaban J connectivity index is 1.74. The van der Waals surface area contributed by atoms with Crippen molar-refractivity contribution in [3.63, 3.8) is 0 Å². The highest BCUT2D eigenvalue weighted by Gasteiger charge is 2.26. The molecule has 2 aromatic carbocycles. The number of benzene rings is 2. The lowest BCUT2D eigenvalue weighted by molar-refractivity contribution is -0.0497. The Labute approximate surface area is 186 Å². The number of fused-ring (bicyclic) bond motifs is 2. The van der Waals surface area contributed by atoms with Crippen LogP contribution >= 0.6 is 10.6 Å². The maximum absolute atomic E-state index is 12.7. The lowest BCUT2D eigenvalue weighted by atomic mass is 10.1. The topological polar surface area (TPSA) is 104 Å². The summed E-state index contributed by atoms with van der Waals surface area (Å²) < 4.78 is 51.2. The van der Waals surface area contributed by atoms with E-state index in [0.29, 0.717) is 47.8 Å². The molecule has 7 nitrogen and oxygen atoms in total. The molecule has 1 aromatic heterocycles. The minimum atomic E-state index is -2.91. The molecule has 3 aromatic rings. The molecular formula is C22H26F2N4O3S. The number of hydrogen-bond acceptors (Lipinski definition) is 7. The molecule has 0 atom stereocenters. The van der Waals surface area contributed by atoms with Crippen molar-refractivity contribution < 1.29 is 22.6 Å². The average Bonchev–Trinajstić information content (AvgIpc) is 2.89. The smallest absolute Gasteiger partial charge is 0.387 e. The second kappa shape index (κ2) is 9.45. The van der Waals surface area contributed by atoms with Crippen molar-refractivity contribution in [2.45, 2.75) is 24.5 Å². The second-order valence-electron chi connectivity index (χ2n) is 7.55. The van der Waals surface area contributed by atoms with E-state index in [0.717, 1.165) is 17.7 Å². The largest absolute Gasteiger partial charge is 0.435 e. The molecule has 0 amide bonds. The minimum Gasteiger partial charge on any atom is -0.435 e. The summed E-state index contributed by atoms with van der Waals surface area (Å²) in [6.45, 7) is -0.906. The molecule has 0 aliphatic carbocycles. The van der Waals surface area contributed by atoms with Crippen LogP contribution in [-0.4, -0.2) is 46.1 Å². The van der Waals surface area contributed by atoms with E-state index in [1.807, 2.05) is 23.1 Å². The van der Waals surface area contributed by atoms with Crippen LogP contribution in [0.2, 0.25) is 0 Å². The third-order valence-electron chi connectivity index (χ3n) is 5.34. The predicted octanol–water partition coefficient (Wildman–Crippen LogP) is 4.73. The maximum Gasteiger partial charge on any atom is 0.387 e. The summed E-state index contributed by atoms with van der Waals surface area (Å²) in [6.07, 6.45) is 0.740. The van der Waals surface area contributed by atoms with Gasteiger partial charge in [0.05, 0.1) is 16.2 Å². The third-order valence-corrected chi connectivity index (χ3v) is 7.20. The molecule has 0 unspecified atom stereocenters. The SMILES string of the molecule is NCCCNc1cc(N2CCS(O)(O)c3ccccc3C2)nc2ccc(OC(F)F)cc12. The number of aromatic nitrogens is 1. The van der Waals surface area contributed by atoms with Crippen LogP contribution in [-0.2, 0) is 6.54 Å². The zero-order valence-corrected chi connectivity index (χ0v) is 18.2. The van der Waals surface area contributed by atoms with Crippen molar-refractivity contribution >= 4 is 33.0 Å². The zero-order chi connectivity index (χ0) is 22.7. The highest BCUT2D eigenvalue weighted by Crippen LogP contribution is 2.51. The van der Waals surface area contributed by atoms with Gasteiger partial charge in [0.25, 0.3) is 0 Å². The molecule has 2 heterocycles. The normalized spacial score (nSPS) is 16.5. The zero-order valence-electron chi connectivity index (χ0n) is 17.4. The molecule has 0 fully saturated rings. The summed E-state index contributed by atoms with van der Waals surface area (Å²) in [4.78, 5) is 7.30. The Morgan fingerprint density at radius 1 is 1.19 bits per heavy atom. The Bertz CT molecular complexity index is 1100. The van der Waals surface area contributed by atoms with Gasteiger partial charge in [-0.25, -0.2) is 4.98 Å². The standard InChI is InChI=1S/C22H26F2N4O3S/c23-22(24)31-16-6-7-18-17(12-16)19(26-9-3-8-25)13-21(27-18)28-10-11-32(29,30)20-5-2-1-4-15(20)14-28/h1-2,4-7,12-13,22,29-30H,3,8-11,14,25H2,(H,26,27). The van der Waals surface area contributed by atoms with Gasteiger partial charge < -0.3 is 20.7 Å². The van der Waals surface area contributed by atoms with Crippen molar-refractivity contribution in [1.29, 1.82) is 0 Å². The van der Waals surface area contributed by atoms with Gasteiger partial charge in [-0.05, 0) is 42.8 Å². The molecule has 0 saturated carbocycles. The van der Waals surface area contributed by atoms with Crippen molar-refractivity contribution in [1.82, 2.24) is 4.98 Å². The summed E-state index contributed by atoms with van der Waals surface area (Å²) in [7, 11) is -2.89. The van der Waals surface area contributed by atoms with E-state index in [9.17, 15) is 17.9 Å². The van der Waals surface area contributed by atoms with E-state index >= 15 is 0 Å². The van der Waals surface area contributed by atoms with Crippen LogP contribution in [0.1, 0.15) is 12.0 Å². The summed E-state index contributed by atoms with van der Waals surface area (Å²) in [5.41, 5.74) is 7.79. The fourth-order valence-electron chi connectivity index (χ4n) is 3.78. The summed E-state index contributed by atoms with van der Waals surface area (Å²) in [5, 5.41) is 3.97. The van der Waals surface area contributed by atoms with Gasteiger partial charge in [0.2, 0.25) is 0 Å². The number of anilines is 2. The van der Waals surface area contributed by atoms with Crippen molar-refractivity contribution in [2.24, 2.45) is 5.73 Å². The van der Waals surface area contributed by atoms with Crippen molar-refractivity contribution in [3.8, 4) is 5.75 Å². The van der Waals surface area contributed by atoms with Gasteiger partial charge in [-0.15, -0.1) is 0 Å². The van der Waals surface area contributed by atoms with Gasteiger partial charge in [0.15, 0.2) is 0 Å². The van der Waals surface area contributed by atoms with Gasteiger partial charge in [-0.3, -0.25) is 9.11 Å². The van der Waals surface area contributed by atoms with E-state index in [1.165, 1.54) is 12.1 Å². The molecule has 1 aliphatic rings. The van der Waals surface area contributed by atoms with Crippen LogP contribution in [0.15, 0.2) is 53.4 Å². The summed E-state index contributed by atoms with van der Waals surface area (Å²) in [6, 6.07) is 13.8. The number of alkyl halides is 2. The van der Waals surface area contributed by atoms with E-state index < -0.39 is 17.2 Å². The Morgan fingerprint density at radius 3 is 2.78 bits per heavy atom. The number of nitrogens with zero attached hydrogens (tertiary/aromatic N) is 2. The number of halogens is 2. The molecule has 1 aliphatic heterocycles. The van der Waals surface area contributed by atoms with Gasteiger partial charge in [-0.2, -0.15) is 19.4 Å². The third kappa shape index (κ3) is 4.88. The second-order valence-corrected chi connectivity index (χ2v) is 9.74. The first-order valence-electron chi connectivity index (χ1n) is 10.3. The van der Waals surface area contributed by atoms with Gasteiger partial charge in [0, 0.05) is 36.8 Å². The molecule has 32 heavy (non-hydrogen) atoms. The number of pyridine rings is 1. The van der Waals surface area contributed by atoms with Gasteiger partial charge >= 0.3 is 6.61 Å². The van der Waals surface area contributed by atoms with E-state index in [-0.39, 0.29) is 11.5 Å². The summed E-state index contributed by atoms with van der Waals surface area (Å²) in [5.74, 6) is 0.907. The van der Waals surface area contributed by atoms with Crippen LogP contribution < -0.4 is 20.7 Å². The minimum absolute atomic E-state index is 0.0570. The lowest BCUT2D eigenvalue weighted by Crippen LogP contribution is -2.26. The lowest BCUT2D eigenvalue weighted by Gasteiger charge is -2.32. The predicted molar refractivity (Wildman–Crippen MR) is 124 cm³/mol. The number of hydrogen-bond donors (Lipinski definition) is 4. The van der Waals surface area contributed by atoms with E-state index in [2.05, 4.69) is 10.1 Å². The molecule has 0 saturated heterocycles. The van der Waals surface area contributed by atoms with Crippen LogP contribution in [0.25, 0.3) is 10.9 Å². The average molecular weight is 465 g/mol. The van der Waals surface area contributed by atoms with Gasteiger partial charge in [0.1, 0.15) is 11.6 Å². The van der Waals surface area contributed by atoms with E-state index in [1.54, 1.807) is 18.2 Å². The van der Waals surface area contributed by atoms with Crippen molar-refractivity contribution in [2.75, 3.05) is 35.6 Å². The van der Waals surface area contributed by atoms with Gasteiger partial charge in [-0.1, -0.05) is 18.2 Å². The summed E-state index contributed by atoms with van der Waals surface area (Å²) >= 11 is 0. The molecular weight excluding hydrogens is 438 g/mol. The fraction of sp³-hybridized carbons (Fsp3) is 0.318. The first-order chi connectivity index (χ1) is 15.4. The molecule has 5 N–H and O–H groups in total. The van der Waals surface area contributed by atoms with Crippen molar-refractivity contribution in [3.05, 3.63) is 54.1 Å². The first-order valence-corrected chi connectivity index (χ1v) is 12.0. The van der Waals surface area contributed by atoms with E-state index in [4.69, 9.17) is 10.7 Å². The number of nitrogens with one attached hydrogen (secondary N) is 1. The highest BCUT2D eigenvalue weighted by atomic mass is 32.3. The highest BCUT2D eigenvalue weighted by molar-refractivity contribution is 8.24. The number of rotatable bonds is 7. The number of nitrogens with two attached hydrogens (primary N) is 1. The Kier molecular flexibility index (Phi) is 6.66. The molecule has 0 spiro atoms. The Morgan fingerprint density at radius 2 is 2.00 bits per heavy atom. The Hall–Kier alpha value is -2.66. The van der Waals surface area contributed by atoms with Crippen LogP contribution in [0.4, 0.5) is 20.3 Å². The van der Waals surface area contributed by atoms with Crippen LogP contribution in [0.5, 0.6) is 5.75 Å². The molecule has 172 valence electrons. The molecule has 10 heteroatoms. The van der Waals surface area contributed by atoms with Crippen LogP contribution in [0.3, 0.4) is 0 Å². The quantitative estimate of drug-likeness (QED) is 0.375. The number of ether oxygens (including phenoxy) is 1.